The van der Waals surface area contributed by atoms with E-state index in [-0.39, 0.29) is 0 Å². The summed E-state index contributed by atoms with van der Waals surface area (Å²) in [5.74, 6) is 0. The lowest BCUT2D eigenvalue weighted by Gasteiger charge is -2.26. The van der Waals surface area contributed by atoms with Crippen molar-refractivity contribution < 1.29 is 0 Å². The van der Waals surface area contributed by atoms with Gasteiger partial charge in [0.15, 0.2) is 0 Å². The van der Waals surface area contributed by atoms with Gasteiger partial charge < -0.3 is 0 Å². The molecule has 0 amide bonds. The molecular weight excluding hydrogens is 192 g/mol. The zero-order valence-corrected chi connectivity index (χ0v) is 12.7. The highest BCUT2D eigenvalue weighted by atomic mass is 32.2. The molecule has 0 nitrogen and oxygen atoms in total. The summed E-state index contributed by atoms with van der Waals surface area (Å²) in [5, 5.41) is 0. The molecule has 0 heterocycles. The van der Waals surface area contributed by atoms with Crippen molar-refractivity contribution in [3.8, 4) is 0 Å². The second-order valence-corrected chi connectivity index (χ2v) is 10.7. The Balaban J connectivity index is 0. The number of rotatable bonds is 3. The van der Waals surface area contributed by atoms with Crippen molar-refractivity contribution in [2.75, 3.05) is 12.5 Å². The highest BCUT2D eigenvalue weighted by Gasteiger charge is 2.22. The predicted molar refractivity (Wildman–Crippen MR) is 71.9 cm³/mol. The van der Waals surface area contributed by atoms with Gasteiger partial charge in [0.05, 0.1) is 0 Å². The van der Waals surface area contributed by atoms with Gasteiger partial charge in [0.2, 0.25) is 0 Å². The first-order chi connectivity index (χ1) is 5.88. The standard InChI is InChI=1S/C9H22Si.C2H6S/c1-7(2)10(8(3)4)9(5)6;1-3-2/h7-10H,1-6H3;1-2H3. The summed E-state index contributed by atoms with van der Waals surface area (Å²) in [4.78, 5) is 0. The molecule has 0 aromatic rings. The highest BCUT2D eigenvalue weighted by molar-refractivity contribution is 7.97. The van der Waals surface area contributed by atoms with Crippen LogP contribution in [0.15, 0.2) is 0 Å². The third kappa shape index (κ3) is 8.89. The van der Waals surface area contributed by atoms with Crippen LogP contribution in [-0.2, 0) is 0 Å². The summed E-state index contributed by atoms with van der Waals surface area (Å²) in [6, 6.07) is 0. The number of hydrogen-bond acceptors (Lipinski definition) is 1. The number of thioether (sulfide) groups is 1. The SMILES string of the molecule is CC(C)[SiH](C(C)C)C(C)C.CSC. The summed E-state index contributed by atoms with van der Waals surface area (Å²) in [7, 11) is -0.454. The van der Waals surface area contributed by atoms with E-state index in [0.717, 1.165) is 16.6 Å². The molecule has 0 bridgehead atoms. The van der Waals surface area contributed by atoms with Crippen LogP contribution >= 0.6 is 11.8 Å². The number of hydrogen-bond donors (Lipinski definition) is 0. The van der Waals surface area contributed by atoms with Crippen molar-refractivity contribution in [3.63, 3.8) is 0 Å². The zero-order chi connectivity index (χ0) is 11.0. The van der Waals surface area contributed by atoms with Crippen molar-refractivity contribution in [2.24, 2.45) is 0 Å². The molecule has 0 fully saturated rings. The molecule has 0 atom stereocenters. The fourth-order valence-corrected chi connectivity index (χ4v) is 6.93. The fraction of sp³-hybridized carbons (Fsp3) is 1.00. The normalized spacial score (nSPS) is 11.1. The maximum atomic E-state index is 2.39. The second-order valence-electron chi connectivity index (χ2n) is 4.72. The minimum absolute atomic E-state index is 0.454. The molecule has 0 radical (unpaired) electrons. The van der Waals surface area contributed by atoms with E-state index in [0.29, 0.717) is 0 Å². The lowest BCUT2D eigenvalue weighted by Crippen LogP contribution is -2.24. The zero-order valence-electron chi connectivity index (χ0n) is 10.7. The van der Waals surface area contributed by atoms with E-state index in [9.17, 15) is 0 Å². The fourth-order valence-electron chi connectivity index (χ4n) is 2.31. The average Bonchev–Trinajstić information content (AvgIpc) is 1.84. The van der Waals surface area contributed by atoms with Crippen molar-refractivity contribution in [3.05, 3.63) is 0 Å². The Morgan fingerprint density at radius 2 is 0.846 bits per heavy atom. The topological polar surface area (TPSA) is 0 Å². The van der Waals surface area contributed by atoms with Crippen LogP contribution in [0.4, 0.5) is 0 Å². The monoisotopic (exact) mass is 220 g/mol. The molecule has 0 aliphatic heterocycles. The molecule has 0 aliphatic rings. The van der Waals surface area contributed by atoms with Crippen LogP contribution in [0.2, 0.25) is 16.6 Å². The third-order valence-electron chi connectivity index (χ3n) is 2.31. The minimum atomic E-state index is -0.454. The van der Waals surface area contributed by atoms with Crippen LogP contribution in [0.5, 0.6) is 0 Å². The molecule has 0 aliphatic carbocycles. The average molecular weight is 220 g/mol. The van der Waals surface area contributed by atoms with Gasteiger partial charge in [-0.3, -0.25) is 0 Å². The van der Waals surface area contributed by atoms with Crippen LogP contribution in [0, 0.1) is 0 Å². The van der Waals surface area contributed by atoms with E-state index in [1.807, 2.05) is 12.5 Å². The van der Waals surface area contributed by atoms with Gasteiger partial charge in [0.1, 0.15) is 0 Å². The van der Waals surface area contributed by atoms with Crippen LogP contribution < -0.4 is 0 Å². The molecule has 0 spiro atoms. The van der Waals surface area contributed by atoms with Gasteiger partial charge in [-0.05, 0) is 12.5 Å². The van der Waals surface area contributed by atoms with Crippen molar-refractivity contribution in [2.45, 2.75) is 58.2 Å². The Morgan fingerprint density at radius 3 is 0.846 bits per heavy atom. The van der Waals surface area contributed by atoms with Crippen molar-refractivity contribution in [1.29, 1.82) is 0 Å². The summed E-state index contributed by atoms with van der Waals surface area (Å²) < 4.78 is 0. The lowest BCUT2D eigenvalue weighted by atomic mass is 10.5. The van der Waals surface area contributed by atoms with E-state index in [1.165, 1.54) is 0 Å². The first kappa shape index (κ1) is 16.0. The second kappa shape index (κ2) is 9.13. The van der Waals surface area contributed by atoms with Crippen molar-refractivity contribution in [1.82, 2.24) is 0 Å². The van der Waals surface area contributed by atoms with Gasteiger partial charge in [0.25, 0.3) is 0 Å². The summed E-state index contributed by atoms with van der Waals surface area (Å²) in [6.07, 6.45) is 4.08. The predicted octanol–water partition coefficient (Wildman–Crippen LogP) is 4.42. The molecule has 13 heavy (non-hydrogen) atoms. The van der Waals surface area contributed by atoms with Gasteiger partial charge in [-0.1, -0.05) is 58.2 Å². The van der Waals surface area contributed by atoms with Gasteiger partial charge in [0, 0.05) is 8.80 Å². The highest BCUT2D eigenvalue weighted by Crippen LogP contribution is 2.28. The molecule has 0 aromatic carbocycles. The molecule has 0 unspecified atom stereocenters. The maximum absolute atomic E-state index is 2.39. The Kier molecular flexibility index (Phi) is 11.3. The van der Waals surface area contributed by atoms with Gasteiger partial charge in [-0.2, -0.15) is 11.8 Å². The molecular formula is C11H28SSi. The third-order valence-corrected chi connectivity index (χ3v) is 6.93. The molecule has 0 aromatic heterocycles. The summed E-state index contributed by atoms with van der Waals surface area (Å²) in [5.41, 5.74) is 2.92. The van der Waals surface area contributed by atoms with Crippen LogP contribution in [-0.4, -0.2) is 21.3 Å². The van der Waals surface area contributed by atoms with Crippen LogP contribution in [0.3, 0.4) is 0 Å². The molecule has 2 heteroatoms. The molecule has 0 N–H and O–H groups in total. The Morgan fingerprint density at radius 1 is 0.692 bits per heavy atom. The summed E-state index contributed by atoms with van der Waals surface area (Å²) >= 11 is 1.75. The Hall–Kier alpha value is 0.567. The summed E-state index contributed by atoms with van der Waals surface area (Å²) in [6.45, 7) is 14.3. The first-order valence-electron chi connectivity index (χ1n) is 5.28. The maximum Gasteiger partial charge on any atom is 0.0445 e. The van der Waals surface area contributed by atoms with E-state index >= 15 is 0 Å². The largest absolute Gasteiger partial charge is 0.169 e. The lowest BCUT2D eigenvalue weighted by molar-refractivity contribution is 0.863. The first-order valence-corrected chi connectivity index (χ1v) is 8.91. The van der Waals surface area contributed by atoms with Gasteiger partial charge >= 0.3 is 0 Å². The minimum Gasteiger partial charge on any atom is -0.169 e. The Labute approximate surface area is 91.5 Å². The van der Waals surface area contributed by atoms with Gasteiger partial charge in [-0.15, -0.1) is 0 Å². The van der Waals surface area contributed by atoms with E-state index in [1.54, 1.807) is 11.8 Å². The van der Waals surface area contributed by atoms with E-state index in [2.05, 4.69) is 41.5 Å². The quantitative estimate of drug-likeness (QED) is 0.634. The molecule has 82 valence electrons. The van der Waals surface area contributed by atoms with E-state index in [4.69, 9.17) is 0 Å². The molecule has 0 rings (SSSR count). The Bertz CT molecular complexity index is 81.2. The molecule has 0 saturated heterocycles. The van der Waals surface area contributed by atoms with Crippen LogP contribution in [0.25, 0.3) is 0 Å². The van der Waals surface area contributed by atoms with Crippen molar-refractivity contribution >= 4 is 20.6 Å². The molecule has 0 saturated carbocycles. The van der Waals surface area contributed by atoms with E-state index < -0.39 is 8.80 Å². The smallest absolute Gasteiger partial charge is 0.0445 e. The van der Waals surface area contributed by atoms with Crippen LogP contribution in [0.1, 0.15) is 41.5 Å². The van der Waals surface area contributed by atoms with Gasteiger partial charge in [-0.25, -0.2) is 0 Å².